The molecule has 1 fully saturated rings. The van der Waals surface area contributed by atoms with Gasteiger partial charge in [0.1, 0.15) is 10.7 Å². The van der Waals surface area contributed by atoms with E-state index in [2.05, 4.69) is 0 Å². The lowest BCUT2D eigenvalue weighted by molar-refractivity contribution is 0.0185. The van der Waals surface area contributed by atoms with Gasteiger partial charge in [-0.2, -0.15) is 0 Å². The minimum absolute atomic E-state index is 0.0531. The van der Waals surface area contributed by atoms with Crippen LogP contribution in [0.4, 0.5) is 4.39 Å². The quantitative estimate of drug-likeness (QED) is 0.623. The highest BCUT2D eigenvalue weighted by Crippen LogP contribution is 2.21. The summed E-state index contributed by atoms with van der Waals surface area (Å²) in [5.41, 5.74) is -0.0531. The molecule has 5 nitrogen and oxygen atoms in total. The monoisotopic (exact) mass is 336 g/mol. The second kappa shape index (κ2) is 6.72. The molecule has 8 heteroatoms. The van der Waals surface area contributed by atoms with Crippen molar-refractivity contribution < 1.29 is 27.1 Å². The van der Waals surface area contributed by atoms with E-state index in [0.29, 0.717) is 13.2 Å². The molecule has 0 radical (unpaired) electrons. The predicted octanol–water partition coefficient (Wildman–Crippen LogP) is 2.34. The number of esters is 1. The van der Waals surface area contributed by atoms with E-state index >= 15 is 0 Å². The zero-order chi connectivity index (χ0) is 15.5. The standard InChI is InChI=1S/C13H14ClFO5S/c14-21(17,18)12-7-10(1-2-11(12)15)13(16)20-8-9-3-5-19-6-4-9/h1-2,7,9H,3-6,8H2. The third-order valence-corrected chi connectivity index (χ3v) is 4.56. The highest BCUT2D eigenvalue weighted by molar-refractivity contribution is 8.13. The van der Waals surface area contributed by atoms with Crippen LogP contribution in [0.2, 0.25) is 0 Å². The molecule has 0 amide bonds. The molecule has 1 aromatic carbocycles. The fourth-order valence-corrected chi connectivity index (χ4v) is 2.93. The van der Waals surface area contributed by atoms with Gasteiger partial charge in [0.05, 0.1) is 12.2 Å². The summed E-state index contributed by atoms with van der Waals surface area (Å²) in [4.78, 5) is 11.1. The first-order valence-electron chi connectivity index (χ1n) is 6.37. The molecule has 21 heavy (non-hydrogen) atoms. The van der Waals surface area contributed by atoms with Crippen LogP contribution in [0.5, 0.6) is 0 Å². The highest BCUT2D eigenvalue weighted by atomic mass is 35.7. The Bertz CT molecular complexity index is 625. The van der Waals surface area contributed by atoms with E-state index in [4.69, 9.17) is 20.2 Å². The molecule has 2 rings (SSSR count). The van der Waals surface area contributed by atoms with Gasteiger partial charge in [-0.15, -0.1) is 0 Å². The number of carbonyl (C=O) groups excluding carboxylic acids is 1. The van der Waals surface area contributed by atoms with E-state index in [1.54, 1.807) is 0 Å². The number of carbonyl (C=O) groups is 1. The molecule has 0 aliphatic carbocycles. The van der Waals surface area contributed by atoms with Crippen molar-refractivity contribution in [1.29, 1.82) is 0 Å². The number of rotatable bonds is 4. The van der Waals surface area contributed by atoms with Crippen LogP contribution in [-0.4, -0.2) is 34.2 Å². The Morgan fingerprint density at radius 2 is 2.05 bits per heavy atom. The van der Waals surface area contributed by atoms with Crippen molar-refractivity contribution in [1.82, 2.24) is 0 Å². The van der Waals surface area contributed by atoms with Crippen molar-refractivity contribution in [2.75, 3.05) is 19.8 Å². The molecule has 1 saturated heterocycles. The Labute approximate surface area is 126 Å². The molecule has 0 saturated carbocycles. The average molecular weight is 337 g/mol. The molecule has 116 valence electrons. The van der Waals surface area contributed by atoms with Crippen molar-refractivity contribution in [3.63, 3.8) is 0 Å². The van der Waals surface area contributed by atoms with E-state index < -0.39 is 25.7 Å². The first kappa shape index (κ1) is 16.2. The summed E-state index contributed by atoms with van der Waals surface area (Å²) in [5.74, 6) is -1.49. The van der Waals surface area contributed by atoms with Crippen LogP contribution in [-0.2, 0) is 18.5 Å². The average Bonchev–Trinajstić information content (AvgIpc) is 2.45. The number of ether oxygens (including phenoxy) is 2. The fourth-order valence-electron chi connectivity index (χ4n) is 2.01. The van der Waals surface area contributed by atoms with Crippen molar-refractivity contribution in [2.45, 2.75) is 17.7 Å². The van der Waals surface area contributed by atoms with Crippen molar-refractivity contribution in [2.24, 2.45) is 5.92 Å². The number of halogens is 2. The largest absolute Gasteiger partial charge is 0.462 e. The Morgan fingerprint density at radius 3 is 2.67 bits per heavy atom. The zero-order valence-corrected chi connectivity index (χ0v) is 12.6. The van der Waals surface area contributed by atoms with Gasteiger partial charge in [0.25, 0.3) is 9.05 Å². The zero-order valence-electron chi connectivity index (χ0n) is 11.1. The minimum Gasteiger partial charge on any atom is -0.462 e. The van der Waals surface area contributed by atoms with Crippen LogP contribution in [0.15, 0.2) is 23.1 Å². The van der Waals surface area contributed by atoms with Crippen LogP contribution in [0.1, 0.15) is 23.2 Å². The highest BCUT2D eigenvalue weighted by Gasteiger charge is 2.21. The molecule has 0 bridgehead atoms. The molecular weight excluding hydrogens is 323 g/mol. The van der Waals surface area contributed by atoms with Crippen molar-refractivity contribution >= 4 is 25.7 Å². The Balaban J connectivity index is 2.05. The van der Waals surface area contributed by atoms with Crippen LogP contribution in [0.25, 0.3) is 0 Å². The topological polar surface area (TPSA) is 69.7 Å². The lowest BCUT2D eigenvalue weighted by Crippen LogP contribution is -2.22. The summed E-state index contributed by atoms with van der Waals surface area (Å²) in [5, 5.41) is 0. The fraction of sp³-hybridized carbons (Fsp3) is 0.462. The number of hydrogen-bond acceptors (Lipinski definition) is 5. The maximum atomic E-state index is 13.4. The summed E-state index contributed by atoms with van der Waals surface area (Å²) >= 11 is 0. The first-order valence-corrected chi connectivity index (χ1v) is 8.68. The van der Waals surface area contributed by atoms with E-state index in [9.17, 15) is 17.6 Å². The van der Waals surface area contributed by atoms with Gasteiger partial charge in [-0.05, 0) is 37.0 Å². The molecule has 0 N–H and O–H groups in total. The van der Waals surface area contributed by atoms with Gasteiger partial charge >= 0.3 is 5.97 Å². The van der Waals surface area contributed by atoms with Gasteiger partial charge < -0.3 is 9.47 Å². The van der Waals surface area contributed by atoms with Gasteiger partial charge in [-0.1, -0.05) is 0 Å². The van der Waals surface area contributed by atoms with Crippen molar-refractivity contribution in [3.8, 4) is 0 Å². The maximum Gasteiger partial charge on any atom is 0.338 e. The second-order valence-electron chi connectivity index (χ2n) is 4.74. The van der Waals surface area contributed by atoms with Crippen LogP contribution in [0.3, 0.4) is 0 Å². The van der Waals surface area contributed by atoms with Crippen LogP contribution >= 0.6 is 10.7 Å². The van der Waals surface area contributed by atoms with Gasteiger partial charge in [0, 0.05) is 23.9 Å². The normalized spacial score (nSPS) is 16.7. The number of hydrogen-bond donors (Lipinski definition) is 0. The molecule has 1 aromatic rings. The van der Waals surface area contributed by atoms with E-state index in [0.717, 1.165) is 31.0 Å². The molecule has 1 heterocycles. The summed E-state index contributed by atoms with van der Waals surface area (Å²) in [7, 11) is 0.854. The first-order chi connectivity index (χ1) is 9.88. The summed E-state index contributed by atoms with van der Waals surface area (Å²) in [6, 6.07) is 2.91. The van der Waals surface area contributed by atoms with E-state index in [-0.39, 0.29) is 18.1 Å². The summed E-state index contributed by atoms with van der Waals surface area (Å²) in [6.07, 6.45) is 1.61. The molecule has 0 unspecified atom stereocenters. The molecule has 0 aromatic heterocycles. The van der Waals surface area contributed by atoms with Crippen LogP contribution < -0.4 is 0 Å². The molecule has 0 atom stereocenters. The lowest BCUT2D eigenvalue weighted by Gasteiger charge is -2.21. The Kier molecular flexibility index (Phi) is 5.18. The summed E-state index contributed by atoms with van der Waals surface area (Å²) < 4.78 is 46.1. The lowest BCUT2D eigenvalue weighted by atomic mass is 10.0. The van der Waals surface area contributed by atoms with Crippen LogP contribution in [0, 0.1) is 11.7 Å². The predicted molar refractivity (Wildman–Crippen MR) is 73.3 cm³/mol. The number of benzene rings is 1. The SMILES string of the molecule is O=C(OCC1CCOCC1)c1ccc(F)c(S(=O)(=O)Cl)c1. The van der Waals surface area contributed by atoms with E-state index in [1.807, 2.05) is 0 Å². The maximum absolute atomic E-state index is 13.4. The van der Waals surface area contributed by atoms with Gasteiger partial charge in [-0.3, -0.25) is 0 Å². The Morgan fingerprint density at radius 1 is 1.38 bits per heavy atom. The van der Waals surface area contributed by atoms with Gasteiger partial charge in [0.2, 0.25) is 0 Å². The molecule has 0 spiro atoms. The molecule has 1 aliphatic rings. The Hall–Kier alpha value is -1.18. The third kappa shape index (κ3) is 4.39. The van der Waals surface area contributed by atoms with Gasteiger partial charge in [0.15, 0.2) is 0 Å². The van der Waals surface area contributed by atoms with E-state index in [1.165, 1.54) is 0 Å². The minimum atomic E-state index is -4.25. The summed E-state index contributed by atoms with van der Waals surface area (Å²) in [6.45, 7) is 1.49. The van der Waals surface area contributed by atoms with Crippen molar-refractivity contribution in [3.05, 3.63) is 29.6 Å². The second-order valence-corrected chi connectivity index (χ2v) is 7.27. The van der Waals surface area contributed by atoms with Gasteiger partial charge in [-0.25, -0.2) is 17.6 Å². The molecule has 1 aliphatic heterocycles. The third-order valence-electron chi connectivity index (χ3n) is 3.22. The smallest absolute Gasteiger partial charge is 0.338 e. The molecular formula is C13H14ClFO5S.